The van der Waals surface area contributed by atoms with E-state index >= 15 is 0 Å². The number of phenolic OH excluding ortho intramolecular Hbond substituents is 1. The predicted molar refractivity (Wildman–Crippen MR) is 82.6 cm³/mol. The molecule has 0 aliphatic rings. The van der Waals surface area contributed by atoms with Crippen molar-refractivity contribution >= 4 is 40.1 Å². The number of carbonyl (C=O) groups is 1. The van der Waals surface area contributed by atoms with Crippen LogP contribution in [0.3, 0.4) is 0 Å². The summed E-state index contributed by atoms with van der Waals surface area (Å²) < 4.78 is 4.90. The molecule has 0 spiro atoms. The highest BCUT2D eigenvalue weighted by Crippen LogP contribution is 2.26. The number of aromatic amines is 1. The molecule has 22 heavy (non-hydrogen) atoms. The lowest BCUT2D eigenvalue weighted by Gasteiger charge is -2.09. The van der Waals surface area contributed by atoms with E-state index in [0.717, 1.165) is 0 Å². The van der Waals surface area contributed by atoms with Gasteiger partial charge in [-0.15, -0.1) is 0 Å². The normalized spacial score (nSPS) is 10.6. The van der Waals surface area contributed by atoms with Crippen molar-refractivity contribution in [2.24, 2.45) is 0 Å². The number of benzene rings is 2. The van der Waals surface area contributed by atoms with Crippen LogP contribution in [0.4, 0.5) is 16.2 Å². The van der Waals surface area contributed by atoms with Crippen LogP contribution < -0.4 is 16.4 Å². The third-order valence-corrected chi connectivity index (χ3v) is 3.12. The smallest absolute Gasteiger partial charge is 0.417 e. The number of halogens is 1. The van der Waals surface area contributed by atoms with E-state index in [9.17, 15) is 14.7 Å². The Morgan fingerprint density at radius 2 is 2.00 bits per heavy atom. The number of hydrogen-bond donors (Lipinski definition) is 4. The third kappa shape index (κ3) is 2.89. The van der Waals surface area contributed by atoms with Crippen molar-refractivity contribution in [3.63, 3.8) is 0 Å². The minimum atomic E-state index is -0.574. The lowest BCUT2D eigenvalue weighted by atomic mass is 10.3. The Bertz CT molecular complexity index is 916. The Hall–Kier alpha value is -2.93. The van der Waals surface area contributed by atoms with Crippen LogP contribution in [-0.4, -0.2) is 16.1 Å². The summed E-state index contributed by atoms with van der Waals surface area (Å²) in [6.45, 7) is 0. The van der Waals surface area contributed by atoms with Gasteiger partial charge in [-0.25, -0.2) is 9.59 Å². The highest BCUT2D eigenvalue weighted by molar-refractivity contribution is 6.31. The second-order valence-corrected chi connectivity index (χ2v) is 4.90. The van der Waals surface area contributed by atoms with Gasteiger partial charge in [0.2, 0.25) is 0 Å². The van der Waals surface area contributed by atoms with Crippen molar-refractivity contribution < 1.29 is 14.3 Å². The third-order valence-electron chi connectivity index (χ3n) is 2.89. The molecule has 1 aromatic heterocycles. The number of nitrogens with one attached hydrogen (secondary N) is 3. The van der Waals surface area contributed by atoms with Crippen molar-refractivity contribution in [2.75, 3.05) is 10.6 Å². The van der Waals surface area contributed by atoms with Crippen LogP contribution in [0.5, 0.6) is 5.75 Å². The molecule has 112 valence electrons. The molecular formula is C14H10ClN3O4. The second-order valence-electron chi connectivity index (χ2n) is 4.47. The summed E-state index contributed by atoms with van der Waals surface area (Å²) in [7, 11) is 0. The Labute approximate surface area is 128 Å². The zero-order valence-electron chi connectivity index (χ0n) is 11.0. The number of H-pyrrole nitrogens is 1. The topological polar surface area (TPSA) is 107 Å². The number of oxazole rings is 1. The van der Waals surface area contributed by atoms with Gasteiger partial charge in [0.1, 0.15) is 5.75 Å². The molecule has 3 aromatic rings. The van der Waals surface area contributed by atoms with E-state index in [0.29, 0.717) is 21.8 Å². The van der Waals surface area contributed by atoms with Crippen molar-refractivity contribution in [1.82, 2.24) is 4.98 Å². The van der Waals surface area contributed by atoms with Gasteiger partial charge < -0.3 is 20.2 Å². The number of aromatic nitrogens is 1. The van der Waals surface area contributed by atoms with Crippen LogP contribution in [0.1, 0.15) is 0 Å². The molecule has 0 radical (unpaired) electrons. The number of aromatic hydroxyl groups is 1. The first-order valence-corrected chi connectivity index (χ1v) is 6.58. The maximum absolute atomic E-state index is 11.9. The number of rotatable bonds is 2. The Kier molecular flexibility index (Phi) is 3.48. The molecule has 0 fully saturated rings. The molecule has 3 rings (SSSR count). The highest BCUT2D eigenvalue weighted by Gasteiger charge is 2.09. The molecule has 0 atom stereocenters. The fraction of sp³-hybridized carbons (Fsp3) is 0. The number of amides is 2. The molecule has 2 aromatic carbocycles. The van der Waals surface area contributed by atoms with Crippen molar-refractivity contribution in [3.8, 4) is 5.75 Å². The van der Waals surface area contributed by atoms with Gasteiger partial charge in [-0.05, 0) is 30.3 Å². The van der Waals surface area contributed by atoms with Crippen LogP contribution in [0, 0.1) is 0 Å². The lowest BCUT2D eigenvalue weighted by molar-refractivity contribution is 0.262. The van der Waals surface area contributed by atoms with Gasteiger partial charge >= 0.3 is 11.8 Å². The van der Waals surface area contributed by atoms with Crippen LogP contribution in [0.2, 0.25) is 5.02 Å². The number of phenols is 1. The SMILES string of the molecule is O=C(Nc1ccc2[nH]c(=O)oc2c1)Nc1cc(Cl)ccc1O. The number of carbonyl (C=O) groups excluding carboxylic acids is 1. The number of anilines is 2. The highest BCUT2D eigenvalue weighted by atomic mass is 35.5. The summed E-state index contributed by atoms with van der Waals surface area (Å²) in [5.41, 5.74) is 1.46. The summed E-state index contributed by atoms with van der Waals surface area (Å²) in [6.07, 6.45) is 0. The lowest BCUT2D eigenvalue weighted by Crippen LogP contribution is -2.19. The van der Waals surface area contributed by atoms with Gasteiger partial charge in [0, 0.05) is 16.8 Å². The maximum atomic E-state index is 11.9. The number of hydrogen-bond acceptors (Lipinski definition) is 4. The largest absolute Gasteiger partial charge is 0.506 e. The van der Waals surface area contributed by atoms with E-state index in [4.69, 9.17) is 16.0 Å². The molecule has 2 amide bonds. The number of fused-ring (bicyclic) bond motifs is 1. The number of urea groups is 1. The van der Waals surface area contributed by atoms with Gasteiger partial charge in [-0.2, -0.15) is 0 Å². The van der Waals surface area contributed by atoms with E-state index < -0.39 is 11.8 Å². The Morgan fingerprint density at radius 1 is 1.18 bits per heavy atom. The fourth-order valence-corrected chi connectivity index (χ4v) is 2.09. The molecule has 0 aliphatic heterocycles. The van der Waals surface area contributed by atoms with E-state index in [1.807, 2.05) is 0 Å². The molecule has 0 saturated heterocycles. The van der Waals surface area contributed by atoms with Crippen LogP contribution >= 0.6 is 11.6 Å². The molecular weight excluding hydrogens is 310 g/mol. The second kappa shape index (κ2) is 5.45. The van der Waals surface area contributed by atoms with Gasteiger partial charge in [0.15, 0.2) is 5.58 Å². The monoisotopic (exact) mass is 319 g/mol. The fourth-order valence-electron chi connectivity index (χ4n) is 1.92. The van der Waals surface area contributed by atoms with Crippen LogP contribution in [0.25, 0.3) is 11.1 Å². The summed E-state index contributed by atoms with van der Waals surface area (Å²) in [4.78, 5) is 25.5. The first-order chi connectivity index (χ1) is 10.5. The summed E-state index contributed by atoms with van der Waals surface area (Å²) >= 11 is 5.80. The maximum Gasteiger partial charge on any atom is 0.417 e. The first kappa shape index (κ1) is 14.0. The molecule has 7 nitrogen and oxygen atoms in total. The van der Waals surface area contributed by atoms with E-state index in [1.54, 1.807) is 12.1 Å². The Balaban J connectivity index is 1.77. The summed E-state index contributed by atoms with van der Waals surface area (Å²) in [5.74, 6) is -0.674. The van der Waals surface area contributed by atoms with Crippen molar-refractivity contribution in [3.05, 3.63) is 52.0 Å². The minimum Gasteiger partial charge on any atom is -0.506 e. The first-order valence-electron chi connectivity index (χ1n) is 6.21. The van der Waals surface area contributed by atoms with E-state index in [-0.39, 0.29) is 11.4 Å². The van der Waals surface area contributed by atoms with E-state index in [2.05, 4.69) is 15.6 Å². The standard InChI is InChI=1S/C14H10ClN3O4/c15-7-1-4-11(19)10(5-7)17-13(20)16-8-2-3-9-12(6-8)22-14(21)18-9/h1-6,19H,(H,18,21)(H2,16,17,20). The molecule has 0 bridgehead atoms. The van der Waals surface area contributed by atoms with Gasteiger partial charge in [0.25, 0.3) is 0 Å². The molecule has 4 N–H and O–H groups in total. The minimum absolute atomic E-state index is 0.105. The van der Waals surface area contributed by atoms with Crippen molar-refractivity contribution in [1.29, 1.82) is 0 Å². The predicted octanol–water partition coefficient (Wildman–Crippen LogP) is 3.12. The zero-order valence-corrected chi connectivity index (χ0v) is 11.8. The molecule has 8 heteroatoms. The van der Waals surface area contributed by atoms with Crippen LogP contribution in [0.15, 0.2) is 45.6 Å². The molecule has 0 unspecified atom stereocenters. The molecule has 0 saturated carbocycles. The average Bonchev–Trinajstić information content (AvgIpc) is 2.82. The zero-order chi connectivity index (χ0) is 15.7. The summed E-state index contributed by atoms with van der Waals surface area (Å²) in [5, 5.41) is 15.0. The van der Waals surface area contributed by atoms with Crippen LogP contribution in [-0.2, 0) is 0 Å². The van der Waals surface area contributed by atoms with Gasteiger partial charge in [-0.1, -0.05) is 11.6 Å². The van der Waals surface area contributed by atoms with Crippen molar-refractivity contribution in [2.45, 2.75) is 0 Å². The van der Waals surface area contributed by atoms with E-state index in [1.165, 1.54) is 24.3 Å². The average molecular weight is 320 g/mol. The molecule has 1 heterocycles. The molecule has 0 aliphatic carbocycles. The van der Waals surface area contributed by atoms with Gasteiger partial charge in [0.05, 0.1) is 11.2 Å². The van der Waals surface area contributed by atoms with Gasteiger partial charge in [-0.3, -0.25) is 4.98 Å². The quantitative estimate of drug-likeness (QED) is 0.544. The Morgan fingerprint density at radius 3 is 2.82 bits per heavy atom. The summed E-state index contributed by atoms with van der Waals surface area (Å²) in [6, 6.07) is 8.43.